The summed E-state index contributed by atoms with van der Waals surface area (Å²) in [4.78, 5) is 11.1. The van der Waals surface area contributed by atoms with E-state index >= 15 is 0 Å². The maximum atomic E-state index is 13.5. The van der Waals surface area contributed by atoms with Gasteiger partial charge in [-0.25, -0.2) is 14.4 Å². The summed E-state index contributed by atoms with van der Waals surface area (Å²) in [5.74, 6) is 0.928. The molecule has 6 nitrogen and oxygen atoms in total. The highest BCUT2D eigenvalue weighted by molar-refractivity contribution is 6.31. The minimum absolute atomic E-state index is 0.0299. The first kappa shape index (κ1) is 21.6. The van der Waals surface area contributed by atoms with Gasteiger partial charge in [0.25, 0.3) is 0 Å². The van der Waals surface area contributed by atoms with E-state index < -0.39 is 5.82 Å². The highest BCUT2D eigenvalue weighted by Gasteiger charge is 2.22. The molecule has 1 fully saturated rings. The first-order valence-corrected chi connectivity index (χ1v) is 10.8. The summed E-state index contributed by atoms with van der Waals surface area (Å²) in [5, 5.41) is 4.12. The molecule has 1 saturated heterocycles. The number of halogens is 2. The summed E-state index contributed by atoms with van der Waals surface area (Å²) in [5.41, 5.74) is 2.36. The summed E-state index contributed by atoms with van der Waals surface area (Å²) in [7, 11) is 2.06. The zero-order chi connectivity index (χ0) is 22.0. The Labute approximate surface area is 186 Å². The molecule has 3 aromatic rings. The van der Waals surface area contributed by atoms with Crippen LogP contribution < -0.4 is 15.0 Å². The van der Waals surface area contributed by atoms with Crippen LogP contribution in [0.5, 0.6) is 5.75 Å². The van der Waals surface area contributed by atoms with Crippen molar-refractivity contribution in [3.63, 3.8) is 0 Å². The van der Waals surface area contributed by atoms with Gasteiger partial charge in [0.05, 0.1) is 29.4 Å². The van der Waals surface area contributed by atoms with Crippen molar-refractivity contribution in [3.05, 3.63) is 47.5 Å². The Morgan fingerprint density at radius 2 is 2.16 bits per heavy atom. The number of hydrogen-bond donors (Lipinski definition) is 1. The molecule has 1 N–H and O–H groups in total. The van der Waals surface area contributed by atoms with E-state index in [0.29, 0.717) is 30.8 Å². The Morgan fingerprint density at radius 3 is 2.87 bits per heavy atom. The number of aromatic nitrogens is 2. The summed E-state index contributed by atoms with van der Waals surface area (Å²) < 4.78 is 25.3. The van der Waals surface area contributed by atoms with Crippen molar-refractivity contribution in [2.75, 3.05) is 30.5 Å². The third-order valence-corrected chi connectivity index (χ3v) is 6.00. The van der Waals surface area contributed by atoms with Gasteiger partial charge < -0.3 is 19.7 Å². The monoisotopic (exact) mass is 444 g/mol. The van der Waals surface area contributed by atoms with Crippen molar-refractivity contribution >= 4 is 39.7 Å². The molecule has 0 bridgehead atoms. The molecule has 164 valence electrons. The van der Waals surface area contributed by atoms with Gasteiger partial charge in [0, 0.05) is 36.7 Å². The Morgan fingerprint density at radius 1 is 1.32 bits per heavy atom. The summed E-state index contributed by atoms with van der Waals surface area (Å²) in [6, 6.07) is 8.79. The first-order chi connectivity index (χ1) is 15.0. The molecule has 1 aliphatic heterocycles. The Bertz CT molecular complexity index is 1070. The number of fused-ring (bicyclic) bond motifs is 1. The SMILES string of the molecule is CCC(C)N(C)c1cc2c(Nc3ccc(F)c(Cl)c3)ncnc2cc1O[C@H]1CCOC1. The van der Waals surface area contributed by atoms with Crippen LogP contribution in [-0.2, 0) is 4.74 Å². The lowest BCUT2D eigenvalue weighted by Gasteiger charge is -2.29. The molecule has 31 heavy (non-hydrogen) atoms. The van der Waals surface area contributed by atoms with Gasteiger partial charge in [-0.3, -0.25) is 0 Å². The highest BCUT2D eigenvalue weighted by Crippen LogP contribution is 2.37. The van der Waals surface area contributed by atoms with E-state index in [4.69, 9.17) is 21.1 Å². The molecular weight excluding hydrogens is 419 g/mol. The van der Waals surface area contributed by atoms with Crippen LogP contribution in [0.3, 0.4) is 0 Å². The van der Waals surface area contributed by atoms with Crippen LogP contribution in [0, 0.1) is 5.82 Å². The first-order valence-electron chi connectivity index (χ1n) is 10.4. The topological polar surface area (TPSA) is 59.5 Å². The number of benzene rings is 2. The van der Waals surface area contributed by atoms with Gasteiger partial charge in [-0.15, -0.1) is 0 Å². The van der Waals surface area contributed by atoms with Gasteiger partial charge in [0.15, 0.2) is 0 Å². The molecule has 1 aliphatic rings. The number of rotatable bonds is 7. The fraction of sp³-hybridized carbons (Fsp3) is 0.391. The second kappa shape index (κ2) is 9.24. The third kappa shape index (κ3) is 4.67. The molecule has 0 aliphatic carbocycles. The van der Waals surface area contributed by atoms with Crippen molar-refractivity contribution in [2.45, 2.75) is 38.8 Å². The maximum Gasteiger partial charge on any atom is 0.145 e. The minimum atomic E-state index is -0.463. The van der Waals surface area contributed by atoms with Gasteiger partial charge in [-0.05, 0) is 37.6 Å². The Balaban J connectivity index is 1.77. The smallest absolute Gasteiger partial charge is 0.145 e. The third-order valence-electron chi connectivity index (χ3n) is 5.71. The lowest BCUT2D eigenvalue weighted by atomic mass is 10.1. The van der Waals surface area contributed by atoms with E-state index in [1.165, 1.54) is 18.5 Å². The van der Waals surface area contributed by atoms with Gasteiger partial charge in [-0.1, -0.05) is 18.5 Å². The van der Waals surface area contributed by atoms with Crippen molar-refractivity contribution in [3.8, 4) is 5.75 Å². The van der Waals surface area contributed by atoms with E-state index in [2.05, 4.69) is 41.1 Å². The van der Waals surface area contributed by atoms with E-state index in [1.54, 1.807) is 6.07 Å². The van der Waals surface area contributed by atoms with Crippen LogP contribution in [0.25, 0.3) is 10.9 Å². The molecular formula is C23H26ClFN4O2. The lowest BCUT2D eigenvalue weighted by molar-refractivity contribution is 0.141. The van der Waals surface area contributed by atoms with Gasteiger partial charge in [0.2, 0.25) is 0 Å². The summed E-state index contributed by atoms with van der Waals surface area (Å²) in [6.07, 6.45) is 3.38. The Kier molecular flexibility index (Phi) is 6.43. The van der Waals surface area contributed by atoms with E-state index in [1.807, 2.05) is 12.1 Å². The predicted octanol–water partition coefficient (Wildman–Crippen LogP) is 5.57. The molecule has 4 rings (SSSR count). The molecule has 2 atom stereocenters. The quantitative estimate of drug-likeness (QED) is 0.514. The zero-order valence-electron chi connectivity index (χ0n) is 17.9. The van der Waals surface area contributed by atoms with Crippen LogP contribution >= 0.6 is 11.6 Å². The number of ether oxygens (including phenoxy) is 2. The standard InChI is InChI=1S/C23H26ClFN4O2/c1-4-14(2)29(3)21-10-17-20(11-22(21)31-16-7-8-30-12-16)26-13-27-23(17)28-15-5-6-19(25)18(24)9-15/h5-6,9-11,13-14,16H,4,7-8,12H2,1-3H3,(H,26,27,28)/t14?,16-/m0/s1. The number of hydrogen-bond acceptors (Lipinski definition) is 6. The Hall–Kier alpha value is -2.64. The minimum Gasteiger partial charge on any atom is -0.486 e. The van der Waals surface area contributed by atoms with Crippen LogP contribution in [0.15, 0.2) is 36.7 Å². The van der Waals surface area contributed by atoms with Crippen LogP contribution in [0.4, 0.5) is 21.6 Å². The zero-order valence-corrected chi connectivity index (χ0v) is 18.6. The number of anilines is 3. The molecule has 2 aromatic carbocycles. The van der Waals surface area contributed by atoms with Crippen LogP contribution in [0.1, 0.15) is 26.7 Å². The summed E-state index contributed by atoms with van der Waals surface area (Å²) in [6.45, 7) is 5.63. The fourth-order valence-corrected chi connectivity index (χ4v) is 3.73. The van der Waals surface area contributed by atoms with Crippen molar-refractivity contribution in [2.24, 2.45) is 0 Å². The molecule has 0 saturated carbocycles. The second-order valence-electron chi connectivity index (χ2n) is 7.78. The van der Waals surface area contributed by atoms with Gasteiger partial charge in [0.1, 0.15) is 29.8 Å². The molecule has 2 heterocycles. The van der Waals surface area contributed by atoms with Crippen LogP contribution in [0.2, 0.25) is 5.02 Å². The number of nitrogens with zero attached hydrogens (tertiary/aromatic N) is 3. The van der Waals surface area contributed by atoms with E-state index in [0.717, 1.165) is 35.2 Å². The molecule has 8 heteroatoms. The predicted molar refractivity (Wildman–Crippen MR) is 122 cm³/mol. The maximum absolute atomic E-state index is 13.5. The second-order valence-corrected chi connectivity index (χ2v) is 8.19. The largest absolute Gasteiger partial charge is 0.486 e. The molecule has 1 aromatic heterocycles. The van der Waals surface area contributed by atoms with Crippen LogP contribution in [-0.4, -0.2) is 42.4 Å². The van der Waals surface area contributed by atoms with Gasteiger partial charge in [-0.2, -0.15) is 0 Å². The fourth-order valence-electron chi connectivity index (χ4n) is 3.55. The molecule has 1 unspecified atom stereocenters. The van der Waals surface area contributed by atoms with Crippen molar-refractivity contribution < 1.29 is 13.9 Å². The van der Waals surface area contributed by atoms with Crippen molar-refractivity contribution in [1.29, 1.82) is 0 Å². The average Bonchev–Trinajstić information content (AvgIpc) is 3.28. The van der Waals surface area contributed by atoms with E-state index in [9.17, 15) is 4.39 Å². The molecule has 0 amide bonds. The number of nitrogens with one attached hydrogen (secondary N) is 1. The highest BCUT2D eigenvalue weighted by atomic mass is 35.5. The lowest BCUT2D eigenvalue weighted by Crippen LogP contribution is -2.29. The van der Waals surface area contributed by atoms with Gasteiger partial charge >= 0.3 is 0 Å². The summed E-state index contributed by atoms with van der Waals surface area (Å²) >= 11 is 5.94. The normalized spacial score (nSPS) is 17.0. The average molecular weight is 445 g/mol. The van der Waals surface area contributed by atoms with Crippen molar-refractivity contribution in [1.82, 2.24) is 9.97 Å². The molecule has 0 spiro atoms. The molecule has 0 radical (unpaired) electrons. The van der Waals surface area contributed by atoms with E-state index in [-0.39, 0.29) is 11.1 Å².